The number of nitrogens with zero attached hydrogens (tertiary/aromatic N) is 2. The van der Waals surface area contributed by atoms with Gasteiger partial charge in [-0.1, -0.05) is 19.1 Å². The number of nitrogens with one attached hydrogen (secondary N) is 1. The predicted octanol–water partition coefficient (Wildman–Crippen LogP) is 1.19. The summed E-state index contributed by atoms with van der Waals surface area (Å²) < 4.78 is 0. The van der Waals surface area contributed by atoms with Gasteiger partial charge in [0.15, 0.2) is 5.66 Å². The molecule has 4 N–H and O–H groups in total. The fraction of sp³-hybridized carbons (Fsp3) is 0.250. The second-order valence-corrected chi connectivity index (χ2v) is 3.99. The molecule has 1 atom stereocenters. The van der Waals surface area contributed by atoms with Crippen molar-refractivity contribution in [3.05, 3.63) is 30.6 Å². The second kappa shape index (κ2) is 4.58. The number of hydrogen-bond donors (Lipinski definition) is 3. The minimum Gasteiger partial charge on any atom is -0.478 e. The Hall–Kier alpha value is -2.21. The van der Waals surface area contributed by atoms with E-state index in [1.807, 2.05) is 24.3 Å². The number of hydrogen-bond acceptors (Lipinski definition) is 5. The van der Waals surface area contributed by atoms with Crippen molar-refractivity contribution in [2.45, 2.75) is 19.0 Å². The van der Waals surface area contributed by atoms with Crippen molar-refractivity contribution in [2.24, 2.45) is 5.73 Å². The van der Waals surface area contributed by atoms with Crippen LogP contribution in [0.15, 0.2) is 30.6 Å². The predicted molar refractivity (Wildman–Crippen MR) is 68.0 cm³/mol. The highest BCUT2D eigenvalue weighted by Gasteiger charge is 2.32. The van der Waals surface area contributed by atoms with Crippen LogP contribution in [0.1, 0.15) is 13.3 Å². The molecule has 1 heterocycles. The van der Waals surface area contributed by atoms with Crippen molar-refractivity contribution in [1.82, 2.24) is 9.97 Å². The molecule has 1 unspecified atom stereocenters. The summed E-state index contributed by atoms with van der Waals surface area (Å²) in [6.45, 7) is 1.70. The van der Waals surface area contributed by atoms with E-state index in [1.54, 1.807) is 6.92 Å². The number of benzene rings is 1. The van der Waals surface area contributed by atoms with E-state index in [1.165, 1.54) is 6.33 Å². The van der Waals surface area contributed by atoms with Crippen molar-refractivity contribution in [1.29, 1.82) is 0 Å². The molecule has 1 aromatic heterocycles. The Morgan fingerprint density at radius 2 is 2.17 bits per heavy atom. The second-order valence-electron chi connectivity index (χ2n) is 3.99. The summed E-state index contributed by atoms with van der Waals surface area (Å²) in [4.78, 5) is 19.3. The number of carbonyl (C=O) groups is 1. The van der Waals surface area contributed by atoms with Crippen molar-refractivity contribution >= 4 is 22.7 Å². The van der Waals surface area contributed by atoms with Gasteiger partial charge in [0.05, 0.1) is 5.52 Å². The van der Waals surface area contributed by atoms with E-state index in [0.717, 1.165) is 10.9 Å². The maximum atomic E-state index is 11.2. The van der Waals surface area contributed by atoms with Gasteiger partial charge in [-0.2, -0.15) is 0 Å². The van der Waals surface area contributed by atoms with E-state index in [0.29, 0.717) is 5.82 Å². The molecule has 18 heavy (non-hydrogen) atoms. The molecular weight excluding hydrogens is 232 g/mol. The number of aliphatic carboxylic acids is 1. The topological polar surface area (TPSA) is 101 Å². The van der Waals surface area contributed by atoms with Crippen LogP contribution in [0.3, 0.4) is 0 Å². The van der Waals surface area contributed by atoms with Crippen molar-refractivity contribution in [3.63, 3.8) is 0 Å². The first kappa shape index (κ1) is 12.3. The Bertz CT molecular complexity index is 582. The van der Waals surface area contributed by atoms with Crippen LogP contribution >= 0.6 is 0 Å². The average molecular weight is 246 g/mol. The summed E-state index contributed by atoms with van der Waals surface area (Å²) >= 11 is 0. The van der Waals surface area contributed by atoms with Crippen molar-refractivity contribution in [2.75, 3.05) is 5.32 Å². The van der Waals surface area contributed by atoms with E-state index < -0.39 is 11.6 Å². The van der Waals surface area contributed by atoms with Gasteiger partial charge in [-0.3, -0.25) is 5.73 Å². The Morgan fingerprint density at radius 1 is 1.44 bits per heavy atom. The lowest BCUT2D eigenvalue weighted by atomic mass is 10.1. The molecule has 0 fully saturated rings. The number of anilines is 1. The van der Waals surface area contributed by atoms with Crippen LogP contribution in [-0.2, 0) is 4.79 Å². The molecular formula is C12H14N4O2. The molecule has 0 saturated carbocycles. The summed E-state index contributed by atoms with van der Waals surface area (Å²) in [5, 5.41) is 12.6. The van der Waals surface area contributed by atoms with Crippen molar-refractivity contribution < 1.29 is 9.90 Å². The zero-order valence-corrected chi connectivity index (χ0v) is 9.92. The van der Waals surface area contributed by atoms with Crippen LogP contribution in [0, 0.1) is 0 Å². The number of carboxylic acid groups (broad SMARTS) is 1. The minimum absolute atomic E-state index is 0.237. The molecule has 0 saturated heterocycles. The summed E-state index contributed by atoms with van der Waals surface area (Å²) in [6.07, 6.45) is 1.61. The number of para-hydroxylation sites is 1. The quantitative estimate of drug-likeness (QED) is 0.700. The molecule has 0 aliphatic rings. The zero-order chi connectivity index (χ0) is 13.2. The SMILES string of the molecule is CCC(N)(Nc1ncnc2ccccc12)C(=O)O. The van der Waals surface area contributed by atoms with E-state index in [9.17, 15) is 4.79 Å². The third kappa shape index (κ3) is 2.10. The maximum absolute atomic E-state index is 11.2. The van der Waals surface area contributed by atoms with E-state index in [-0.39, 0.29) is 6.42 Å². The van der Waals surface area contributed by atoms with Crippen LogP contribution in [0.5, 0.6) is 0 Å². The number of fused-ring (bicyclic) bond motifs is 1. The molecule has 2 rings (SSSR count). The highest BCUT2D eigenvalue weighted by Crippen LogP contribution is 2.21. The molecule has 6 heteroatoms. The van der Waals surface area contributed by atoms with E-state index in [2.05, 4.69) is 15.3 Å². The molecule has 0 amide bonds. The molecule has 0 aliphatic heterocycles. The Labute approximate surface area is 104 Å². The first-order chi connectivity index (χ1) is 8.57. The summed E-state index contributed by atoms with van der Waals surface area (Å²) in [5.74, 6) is -0.694. The van der Waals surface area contributed by atoms with Crippen LogP contribution in [0.4, 0.5) is 5.82 Å². The van der Waals surface area contributed by atoms with E-state index in [4.69, 9.17) is 10.8 Å². The third-order valence-corrected chi connectivity index (χ3v) is 2.82. The Kier molecular flexibility index (Phi) is 3.12. The third-order valence-electron chi connectivity index (χ3n) is 2.82. The smallest absolute Gasteiger partial charge is 0.344 e. The normalized spacial score (nSPS) is 14.1. The van der Waals surface area contributed by atoms with E-state index >= 15 is 0 Å². The molecule has 0 aliphatic carbocycles. The number of carboxylic acids is 1. The van der Waals surface area contributed by atoms with Gasteiger partial charge in [0, 0.05) is 5.39 Å². The minimum atomic E-state index is -1.53. The fourth-order valence-electron chi connectivity index (χ4n) is 1.61. The van der Waals surface area contributed by atoms with Crippen LogP contribution in [0.2, 0.25) is 0 Å². The maximum Gasteiger partial charge on any atom is 0.344 e. The fourth-order valence-corrected chi connectivity index (χ4v) is 1.61. The average Bonchev–Trinajstić information content (AvgIpc) is 2.39. The molecule has 0 radical (unpaired) electrons. The van der Waals surface area contributed by atoms with Gasteiger partial charge in [-0.15, -0.1) is 0 Å². The van der Waals surface area contributed by atoms with Crippen LogP contribution in [0.25, 0.3) is 10.9 Å². The number of nitrogens with two attached hydrogens (primary N) is 1. The summed E-state index contributed by atoms with van der Waals surface area (Å²) in [7, 11) is 0. The van der Waals surface area contributed by atoms with Gasteiger partial charge >= 0.3 is 5.97 Å². The lowest BCUT2D eigenvalue weighted by Crippen LogP contribution is -2.54. The van der Waals surface area contributed by atoms with Gasteiger partial charge in [0.25, 0.3) is 0 Å². The van der Waals surface area contributed by atoms with Gasteiger partial charge in [0.2, 0.25) is 0 Å². The standard InChI is InChI=1S/C12H14N4O2/c1-2-12(13,11(17)18)16-10-8-5-3-4-6-9(8)14-7-15-10/h3-7H,2,13H2,1H3,(H,17,18)(H,14,15,16). The lowest BCUT2D eigenvalue weighted by molar-refractivity contribution is -0.142. The first-order valence-electron chi connectivity index (χ1n) is 5.57. The molecule has 2 aromatic rings. The van der Waals surface area contributed by atoms with Gasteiger partial charge < -0.3 is 10.4 Å². The van der Waals surface area contributed by atoms with Crippen molar-refractivity contribution in [3.8, 4) is 0 Å². The molecule has 94 valence electrons. The monoisotopic (exact) mass is 246 g/mol. The number of rotatable bonds is 4. The van der Waals surface area contributed by atoms with Gasteiger partial charge in [-0.05, 0) is 18.6 Å². The molecule has 0 spiro atoms. The highest BCUT2D eigenvalue weighted by molar-refractivity contribution is 5.91. The zero-order valence-electron chi connectivity index (χ0n) is 9.92. The number of aromatic nitrogens is 2. The van der Waals surface area contributed by atoms with Crippen LogP contribution in [-0.4, -0.2) is 26.7 Å². The molecule has 1 aromatic carbocycles. The van der Waals surface area contributed by atoms with Crippen LogP contribution < -0.4 is 11.1 Å². The molecule has 0 bridgehead atoms. The van der Waals surface area contributed by atoms with Gasteiger partial charge in [0.1, 0.15) is 12.1 Å². The summed E-state index contributed by atoms with van der Waals surface area (Å²) in [6, 6.07) is 7.33. The Morgan fingerprint density at radius 3 is 2.83 bits per heavy atom. The largest absolute Gasteiger partial charge is 0.478 e. The molecule has 6 nitrogen and oxygen atoms in total. The first-order valence-corrected chi connectivity index (χ1v) is 5.57. The lowest BCUT2D eigenvalue weighted by Gasteiger charge is -2.25. The van der Waals surface area contributed by atoms with Gasteiger partial charge in [-0.25, -0.2) is 14.8 Å². The Balaban J connectivity index is 2.46. The highest BCUT2D eigenvalue weighted by atomic mass is 16.4. The summed E-state index contributed by atoms with van der Waals surface area (Å²) in [5.41, 5.74) is 5.00.